The van der Waals surface area contributed by atoms with Crippen LogP contribution in [0.5, 0.6) is 5.75 Å². The van der Waals surface area contributed by atoms with Crippen LogP contribution in [0.4, 0.5) is 0 Å². The Hall–Kier alpha value is -2.00. The molecule has 0 aliphatic heterocycles. The summed E-state index contributed by atoms with van der Waals surface area (Å²) >= 11 is 5.84. The van der Waals surface area contributed by atoms with Crippen LogP contribution < -0.4 is 4.74 Å². The fourth-order valence-corrected chi connectivity index (χ4v) is 2.06. The third kappa shape index (κ3) is 2.56. The maximum Gasteiger partial charge on any atom is 0.153 e. The first-order chi connectivity index (χ1) is 9.22. The van der Waals surface area contributed by atoms with Gasteiger partial charge in [0.15, 0.2) is 6.10 Å². The average Bonchev–Trinajstić information content (AvgIpc) is 2.85. The van der Waals surface area contributed by atoms with Crippen molar-refractivity contribution in [2.24, 2.45) is 0 Å². The lowest BCUT2D eigenvalue weighted by Crippen LogP contribution is -2.04. The molecule has 1 heterocycles. The molecule has 1 atom stereocenters. The number of nitrogens with one attached hydrogen (secondary N) is 1. The van der Waals surface area contributed by atoms with Crippen LogP contribution in [0.2, 0.25) is 5.02 Å². The highest BCUT2D eigenvalue weighted by Crippen LogP contribution is 2.23. The van der Waals surface area contributed by atoms with E-state index in [2.05, 4.69) is 9.97 Å². The summed E-state index contributed by atoms with van der Waals surface area (Å²) < 4.78 is 5.83. The zero-order chi connectivity index (χ0) is 13.2. The summed E-state index contributed by atoms with van der Waals surface area (Å²) in [5.74, 6) is 1.59. The normalized spacial score (nSPS) is 12.5. The molecule has 0 spiro atoms. The molecule has 0 radical (unpaired) electrons. The van der Waals surface area contributed by atoms with Crippen molar-refractivity contribution in [2.45, 2.75) is 13.0 Å². The lowest BCUT2D eigenvalue weighted by atomic mass is 10.3. The number of nitrogens with zero attached hydrogens (tertiary/aromatic N) is 1. The van der Waals surface area contributed by atoms with Crippen molar-refractivity contribution in [2.75, 3.05) is 0 Å². The minimum Gasteiger partial charge on any atom is -0.483 e. The van der Waals surface area contributed by atoms with Crippen molar-refractivity contribution >= 4 is 22.6 Å². The van der Waals surface area contributed by atoms with E-state index < -0.39 is 0 Å². The second-order valence-corrected chi connectivity index (χ2v) is 4.79. The minimum atomic E-state index is -0.145. The predicted octanol–water partition coefficient (Wildman–Crippen LogP) is 4.36. The smallest absolute Gasteiger partial charge is 0.153 e. The van der Waals surface area contributed by atoms with E-state index in [4.69, 9.17) is 16.3 Å². The van der Waals surface area contributed by atoms with E-state index in [1.807, 2.05) is 55.5 Å². The Labute approximate surface area is 116 Å². The first kappa shape index (κ1) is 12.1. The van der Waals surface area contributed by atoms with Gasteiger partial charge in [-0.25, -0.2) is 4.98 Å². The SMILES string of the molecule is C[C@@H](Oc1ccc(Cl)cc1)c1nc2ccccc2[nH]1. The summed E-state index contributed by atoms with van der Waals surface area (Å²) in [6.45, 7) is 1.96. The van der Waals surface area contributed by atoms with Crippen LogP contribution in [0.1, 0.15) is 18.9 Å². The molecular formula is C15H13ClN2O. The first-order valence-electron chi connectivity index (χ1n) is 6.09. The molecule has 0 saturated carbocycles. The van der Waals surface area contributed by atoms with Crippen LogP contribution in [0.15, 0.2) is 48.5 Å². The molecule has 3 nitrogen and oxygen atoms in total. The van der Waals surface area contributed by atoms with Gasteiger partial charge in [-0.1, -0.05) is 23.7 Å². The first-order valence-corrected chi connectivity index (χ1v) is 6.47. The number of halogens is 1. The number of rotatable bonds is 3. The van der Waals surface area contributed by atoms with Crippen LogP contribution in [-0.4, -0.2) is 9.97 Å². The molecule has 0 aliphatic carbocycles. The largest absolute Gasteiger partial charge is 0.483 e. The topological polar surface area (TPSA) is 37.9 Å². The number of benzene rings is 2. The van der Waals surface area contributed by atoms with Crippen LogP contribution >= 0.6 is 11.6 Å². The second-order valence-electron chi connectivity index (χ2n) is 4.35. The fourth-order valence-electron chi connectivity index (χ4n) is 1.94. The summed E-state index contributed by atoms with van der Waals surface area (Å²) in [5, 5.41) is 0.698. The highest BCUT2D eigenvalue weighted by Gasteiger charge is 2.12. The monoisotopic (exact) mass is 272 g/mol. The van der Waals surface area contributed by atoms with Crippen molar-refractivity contribution < 1.29 is 4.74 Å². The Balaban J connectivity index is 1.83. The molecule has 3 rings (SSSR count). The van der Waals surface area contributed by atoms with Gasteiger partial charge in [0.05, 0.1) is 11.0 Å². The lowest BCUT2D eigenvalue weighted by molar-refractivity contribution is 0.218. The Kier molecular flexibility index (Phi) is 3.13. The molecule has 4 heteroatoms. The van der Waals surface area contributed by atoms with Gasteiger partial charge in [-0.15, -0.1) is 0 Å². The zero-order valence-corrected chi connectivity index (χ0v) is 11.2. The molecule has 0 aliphatic rings. The number of aromatic nitrogens is 2. The fraction of sp³-hybridized carbons (Fsp3) is 0.133. The van der Waals surface area contributed by atoms with E-state index in [-0.39, 0.29) is 6.10 Å². The molecule has 19 heavy (non-hydrogen) atoms. The van der Waals surface area contributed by atoms with Gasteiger partial charge in [-0.3, -0.25) is 0 Å². The van der Waals surface area contributed by atoms with E-state index in [9.17, 15) is 0 Å². The number of hydrogen-bond donors (Lipinski definition) is 1. The molecule has 0 bridgehead atoms. The Morgan fingerprint density at radius 3 is 2.58 bits per heavy atom. The summed E-state index contributed by atoms with van der Waals surface area (Å²) in [5.41, 5.74) is 1.97. The number of para-hydroxylation sites is 2. The number of hydrogen-bond acceptors (Lipinski definition) is 2. The quantitative estimate of drug-likeness (QED) is 0.769. The van der Waals surface area contributed by atoms with E-state index >= 15 is 0 Å². The second kappa shape index (κ2) is 4.94. The summed E-state index contributed by atoms with van der Waals surface area (Å²) in [7, 11) is 0. The Bertz CT molecular complexity index is 658. The van der Waals surface area contributed by atoms with Crippen molar-refractivity contribution in [3.05, 3.63) is 59.4 Å². The summed E-state index contributed by atoms with van der Waals surface area (Å²) in [6, 6.07) is 15.2. The van der Waals surface area contributed by atoms with Gasteiger partial charge < -0.3 is 9.72 Å². The van der Waals surface area contributed by atoms with Crippen LogP contribution in [0.25, 0.3) is 11.0 Å². The van der Waals surface area contributed by atoms with Crippen LogP contribution in [0.3, 0.4) is 0 Å². The van der Waals surface area contributed by atoms with Crippen molar-refractivity contribution in [3.8, 4) is 5.75 Å². The standard InChI is InChI=1S/C15H13ClN2O/c1-10(19-12-8-6-11(16)7-9-12)15-17-13-4-2-3-5-14(13)18-15/h2-10H,1H3,(H,17,18)/t10-/m1/s1. The number of ether oxygens (including phenoxy) is 1. The van der Waals surface area contributed by atoms with Crippen LogP contribution in [0, 0.1) is 0 Å². The molecule has 1 N–H and O–H groups in total. The van der Waals surface area contributed by atoms with Gasteiger partial charge in [-0.2, -0.15) is 0 Å². The van der Waals surface area contributed by atoms with Gasteiger partial charge in [0.25, 0.3) is 0 Å². The van der Waals surface area contributed by atoms with Gasteiger partial charge >= 0.3 is 0 Å². The van der Waals surface area contributed by atoms with Crippen molar-refractivity contribution in [3.63, 3.8) is 0 Å². The zero-order valence-electron chi connectivity index (χ0n) is 10.4. The lowest BCUT2D eigenvalue weighted by Gasteiger charge is -2.12. The van der Waals surface area contributed by atoms with Gasteiger partial charge in [0, 0.05) is 5.02 Å². The maximum atomic E-state index is 5.84. The maximum absolute atomic E-state index is 5.84. The van der Waals surface area contributed by atoms with E-state index in [1.54, 1.807) is 0 Å². The van der Waals surface area contributed by atoms with Crippen LogP contribution in [-0.2, 0) is 0 Å². The minimum absolute atomic E-state index is 0.145. The van der Waals surface area contributed by atoms with E-state index in [1.165, 1.54) is 0 Å². The highest BCUT2D eigenvalue weighted by atomic mass is 35.5. The van der Waals surface area contributed by atoms with Gasteiger partial charge in [0.2, 0.25) is 0 Å². The molecule has 3 aromatic rings. The molecule has 2 aromatic carbocycles. The average molecular weight is 273 g/mol. The third-order valence-electron chi connectivity index (χ3n) is 2.92. The molecule has 0 amide bonds. The molecule has 0 unspecified atom stereocenters. The summed E-state index contributed by atoms with van der Waals surface area (Å²) in [6.07, 6.45) is -0.145. The Morgan fingerprint density at radius 2 is 1.84 bits per heavy atom. The predicted molar refractivity (Wildman–Crippen MR) is 76.6 cm³/mol. The van der Waals surface area contributed by atoms with Crippen molar-refractivity contribution in [1.29, 1.82) is 0 Å². The van der Waals surface area contributed by atoms with Crippen molar-refractivity contribution in [1.82, 2.24) is 9.97 Å². The van der Waals surface area contributed by atoms with Gasteiger partial charge in [0.1, 0.15) is 11.6 Å². The molecule has 0 fully saturated rings. The molecule has 1 aromatic heterocycles. The number of aromatic amines is 1. The molecular weight excluding hydrogens is 260 g/mol. The Morgan fingerprint density at radius 1 is 1.11 bits per heavy atom. The highest BCUT2D eigenvalue weighted by molar-refractivity contribution is 6.30. The van der Waals surface area contributed by atoms with E-state index in [0.29, 0.717) is 5.02 Å². The van der Waals surface area contributed by atoms with E-state index in [0.717, 1.165) is 22.6 Å². The molecule has 0 saturated heterocycles. The number of imidazole rings is 1. The summed E-state index contributed by atoms with van der Waals surface area (Å²) in [4.78, 5) is 7.78. The van der Waals surface area contributed by atoms with Gasteiger partial charge in [-0.05, 0) is 43.3 Å². The third-order valence-corrected chi connectivity index (χ3v) is 3.17. The number of fused-ring (bicyclic) bond motifs is 1. The number of H-pyrrole nitrogens is 1. The molecule has 96 valence electrons.